The summed E-state index contributed by atoms with van der Waals surface area (Å²) in [4.78, 5) is 51.4. The van der Waals surface area contributed by atoms with Crippen molar-refractivity contribution >= 4 is 50.7 Å². The average molecular weight is 797 g/mol. The number of pyridine rings is 1. The van der Waals surface area contributed by atoms with Gasteiger partial charge in [0.15, 0.2) is 0 Å². The number of carbonyl (C=O) groups excluding carboxylic acids is 3. The molecule has 2 N–H and O–H groups in total. The number of fused-ring (bicyclic) bond motifs is 1. The second-order valence-electron chi connectivity index (χ2n) is 14.8. The number of unbranched alkanes of at least 4 members (excludes halogenated alkanes) is 2. The SMILES string of the molecule is CCOCCCCC=CC1CC1(NC(=O)C1CC(Oc2cc(-c3nc(C(C)C)cs3)nc3c(C)c(OC)ccc23)CN1C=O)C(=O)NS(=O)(=O)N1CCCC1. The van der Waals surface area contributed by atoms with Crippen molar-refractivity contribution in [2.24, 2.45) is 5.92 Å². The summed E-state index contributed by atoms with van der Waals surface area (Å²) in [6, 6.07) is 4.62. The van der Waals surface area contributed by atoms with Crippen LogP contribution in [0.4, 0.5) is 0 Å². The van der Waals surface area contributed by atoms with Gasteiger partial charge in [-0.05, 0) is 70.4 Å². The fourth-order valence-corrected chi connectivity index (χ4v) is 9.52. The van der Waals surface area contributed by atoms with Crippen molar-refractivity contribution in [3.05, 3.63) is 47.0 Å². The van der Waals surface area contributed by atoms with Crippen LogP contribution in [0.2, 0.25) is 0 Å². The molecule has 3 amide bonds. The first kappa shape index (κ1) is 40.5. The van der Waals surface area contributed by atoms with Crippen LogP contribution in [0.5, 0.6) is 11.5 Å². The Labute approximate surface area is 327 Å². The third-order valence-corrected chi connectivity index (χ3v) is 13.0. The summed E-state index contributed by atoms with van der Waals surface area (Å²) in [5, 5.41) is 6.39. The van der Waals surface area contributed by atoms with E-state index in [4.69, 9.17) is 24.2 Å². The summed E-state index contributed by atoms with van der Waals surface area (Å²) in [6.07, 6.45) is 8.21. The Hall–Kier alpha value is -4.12. The molecule has 4 unspecified atom stereocenters. The van der Waals surface area contributed by atoms with Crippen LogP contribution in [0.25, 0.3) is 21.6 Å². The minimum atomic E-state index is -4.09. The molecule has 298 valence electrons. The van der Waals surface area contributed by atoms with E-state index in [-0.39, 0.29) is 25.3 Å². The Kier molecular flexibility index (Phi) is 12.8. The smallest absolute Gasteiger partial charge is 0.303 e. The molecule has 55 heavy (non-hydrogen) atoms. The number of rotatable bonds is 18. The second kappa shape index (κ2) is 17.3. The van der Waals surface area contributed by atoms with Gasteiger partial charge < -0.3 is 24.4 Å². The van der Waals surface area contributed by atoms with Crippen molar-refractivity contribution in [3.8, 4) is 22.2 Å². The Bertz CT molecular complexity index is 2010. The molecule has 3 aliphatic rings. The predicted octanol–water partition coefficient (Wildman–Crippen LogP) is 4.87. The minimum Gasteiger partial charge on any atom is -0.496 e. The number of allylic oxidation sites excluding steroid dienone is 1. The number of carbonyl (C=O) groups is 3. The zero-order valence-electron chi connectivity index (χ0n) is 32.2. The Morgan fingerprint density at radius 1 is 1.15 bits per heavy atom. The maximum Gasteiger partial charge on any atom is 0.303 e. The highest BCUT2D eigenvalue weighted by Gasteiger charge is 2.61. The monoisotopic (exact) mass is 796 g/mol. The first-order valence-electron chi connectivity index (χ1n) is 19.1. The molecule has 3 aromatic rings. The Morgan fingerprint density at radius 3 is 2.62 bits per heavy atom. The van der Waals surface area contributed by atoms with Gasteiger partial charge in [-0.2, -0.15) is 12.7 Å². The number of nitrogens with zero attached hydrogens (tertiary/aromatic N) is 4. The Morgan fingerprint density at radius 2 is 1.93 bits per heavy atom. The van der Waals surface area contributed by atoms with Crippen molar-refractivity contribution in [1.29, 1.82) is 0 Å². The van der Waals surface area contributed by atoms with E-state index in [1.807, 2.05) is 49.6 Å². The van der Waals surface area contributed by atoms with Gasteiger partial charge in [0.05, 0.1) is 24.9 Å². The number of thiazole rings is 1. The molecule has 0 radical (unpaired) electrons. The Balaban J connectivity index is 1.22. The number of aromatic nitrogens is 2. The molecule has 4 atom stereocenters. The molecule has 6 rings (SSSR count). The van der Waals surface area contributed by atoms with Crippen LogP contribution >= 0.6 is 11.3 Å². The summed E-state index contributed by atoms with van der Waals surface area (Å²) in [6.45, 7) is 10.2. The molecular weight excluding hydrogens is 745 g/mol. The zero-order valence-corrected chi connectivity index (χ0v) is 33.8. The molecular formula is C39H52N6O8S2. The lowest BCUT2D eigenvalue weighted by atomic mass is 10.1. The lowest BCUT2D eigenvalue weighted by molar-refractivity contribution is -0.134. The second-order valence-corrected chi connectivity index (χ2v) is 17.3. The molecule has 16 heteroatoms. The molecule has 1 aromatic carbocycles. The topological polar surface area (TPSA) is 169 Å². The minimum absolute atomic E-state index is 0.123. The molecule has 4 heterocycles. The number of ether oxygens (including phenoxy) is 3. The summed E-state index contributed by atoms with van der Waals surface area (Å²) in [7, 11) is -2.48. The molecule has 0 spiro atoms. The first-order valence-corrected chi connectivity index (χ1v) is 21.4. The lowest BCUT2D eigenvalue weighted by Crippen LogP contribution is -2.57. The normalized spacial score (nSPS) is 22.8. The van der Waals surface area contributed by atoms with Crippen LogP contribution in [0.15, 0.2) is 35.7 Å². The van der Waals surface area contributed by atoms with Crippen LogP contribution in [0.3, 0.4) is 0 Å². The van der Waals surface area contributed by atoms with Crippen molar-refractivity contribution in [2.45, 2.75) is 96.2 Å². The molecule has 2 saturated heterocycles. The standard InChI is InChI=1S/C39H52N6O8S2/c1-6-52-18-12-8-7-9-13-27-21-39(27,38(48)43-55(49,50)45-16-10-11-17-45)42-36(47)32-19-28(22-44(32)24-46)53-34-20-30(37-41-31(23-54-37)25(2)3)40-35-26(4)33(51-5)15-14-29(34)35/h9,13-15,20,23-25,27-28,32H,6-8,10-12,16-19,21-22H2,1-5H3,(H,42,47)(H,43,48). The number of amides is 3. The highest BCUT2D eigenvalue weighted by atomic mass is 32.2. The van der Waals surface area contributed by atoms with E-state index in [9.17, 15) is 22.8 Å². The van der Waals surface area contributed by atoms with E-state index < -0.39 is 45.6 Å². The largest absolute Gasteiger partial charge is 0.496 e. The summed E-state index contributed by atoms with van der Waals surface area (Å²) >= 11 is 1.50. The number of likely N-dealkylation sites (tertiary alicyclic amines) is 1. The van der Waals surface area contributed by atoms with Crippen molar-refractivity contribution in [1.82, 2.24) is 29.2 Å². The maximum absolute atomic E-state index is 14.1. The number of aryl methyl sites for hydroxylation is 1. The van der Waals surface area contributed by atoms with Crippen LogP contribution in [0.1, 0.15) is 82.9 Å². The van der Waals surface area contributed by atoms with Crippen LogP contribution in [-0.2, 0) is 29.3 Å². The van der Waals surface area contributed by atoms with Gasteiger partial charge in [0.1, 0.15) is 39.9 Å². The average Bonchev–Trinajstić information content (AvgIpc) is 3.66. The third-order valence-electron chi connectivity index (χ3n) is 10.6. The van der Waals surface area contributed by atoms with E-state index in [1.54, 1.807) is 7.11 Å². The highest BCUT2D eigenvalue weighted by Crippen LogP contribution is 2.46. The van der Waals surface area contributed by atoms with E-state index in [0.717, 1.165) is 40.9 Å². The fraction of sp³-hybridized carbons (Fsp3) is 0.564. The molecule has 14 nitrogen and oxygen atoms in total. The molecule has 1 saturated carbocycles. The summed E-state index contributed by atoms with van der Waals surface area (Å²) in [5.74, 6) is -0.303. The number of nitrogens with one attached hydrogen (secondary N) is 2. The van der Waals surface area contributed by atoms with Gasteiger partial charge in [-0.3, -0.25) is 14.4 Å². The maximum atomic E-state index is 14.1. The fourth-order valence-electron chi connectivity index (χ4n) is 7.29. The predicted molar refractivity (Wildman–Crippen MR) is 210 cm³/mol. The van der Waals surface area contributed by atoms with Crippen LogP contribution in [-0.4, -0.2) is 103 Å². The number of hydrogen-bond acceptors (Lipinski definition) is 11. The van der Waals surface area contributed by atoms with Gasteiger partial charge in [-0.25, -0.2) is 14.7 Å². The number of methoxy groups -OCH3 is 1. The van der Waals surface area contributed by atoms with Gasteiger partial charge in [-0.1, -0.05) is 26.0 Å². The van der Waals surface area contributed by atoms with E-state index in [0.29, 0.717) is 68.3 Å². The van der Waals surface area contributed by atoms with Crippen molar-refractivity contribution in [2.75, 3.05) is 40.0 Å². The van der Waals surface area contributed by atoms with E-state index in [1.165, 1.54) is 20.5 Å². The van der Waals surface area contributed by atoms with Crippen molar-refractivity contribution in [3.63, 3.8) is 0 Å². The molecule has 2 aliphatic heterocycles. The van der Waals surface area contributed by atoms with E-state index in [2.05, 4.69) is 23.9 Å². The van der Waals surface area contributed by atoms with E-state index >= 15 is 0 Å². The molecule has 3 fully saturated rings. The van der Waals surface area contributed by atoms with Gasteiger partial charge >= 0.3 is 10.2 Å². The van der Waals surface area contributed by atoms with Gasteiger partial charge in [-0.15, -0.1) is 11.3 Å². The highest BCUT2D eigenvalue weighted by molar-refractivity contribution is 7.87. The number of benzene rings is 1. The molecule has 0 bridgehead atoms. The van der Waals surface area contributed by atoms with Crippen molar-refractivity contribution < 1.29 is 37.0 Å². The van der Waals surface area contributed by atoms with Crippen LogP contribution in [0, 0.1) is 12.8 Å². The zero-order chi connectivity index (χ0) is 39.3. The third kappa shape index (κ3) is 8.97. The van der Waals surface area contributed by atoms with Gasteiger partial charge in [0, 0.05) is 61.0 Å². The van der Waals surface area contributed by atoms with Crippen LogP contribution < -0.4 is 19.5 Å². The molecule has 1 aliphatic carbocycles. The lowest BCUT2D eigenvalue weighted by Gasteiger charge is -2.25. The van der Waals surface area contributed by atoms with Gasteiger partial charge in [0.25, 0.3) is 5.91 Å². The molecule has 2 aromatic heterocycles. The summed E-state index contributed by atoms with van der Waals surface area (Å²) < 4.78 is 47.4. The quantitative estimate of drug-likeness (QED) is 0.103. The number of hydrogen-bond donors (Lipinski definition) is 2. The van der Waals surface area contributed by atoms with Gasteiger partial charge in [0.2, 0.25) is 12.3 Å². The summed E-state index contributed by atoms with van der Waals surface area (Å²) in [5.41, 5.74) is 1.64. The first-order chi connectivity index (χ1) is 26.4.